The summed E-state index contributed by atoms with van der Waals surface area (Å²) in [6.45, 7) is 0.343. The number of aromatic hydroxyl groups is 1. The molecule has 2 rings (SSSR count). The van der Waals surface area contributed by atoms with Gasteiger partial charge < -0.3 is 15.2 Å². The first-order valence-corrected chi connectivity index (χ1v) is 6.52. The zero-order chi connectivity index (χ0) is 15.9. The van der Waals surface area contributed by atoms with Crippen LogP contribution in [0.4, 0.5) is 10.5 Å². The zero-order valence-electron chi connectivity index (χ0n) is 11.6. The average Bonchev–Trinajstić information content (AvgIpc) is 2.48. The molecule has 0 saturated carbocycles. The fraction of sp³-hybridized carbons (Fsp3) is 0.133. The molecule has 0 fully saturated rings. The van der Waals surface area contributed by atoms with Gasteiger partial charge in [-0.15, -0.1) is 0 Å². The molecule has 0 bridgehead atoms. The maximum atomic E-state index is 11.6. The van der Waals surface area contributed by atoms with Gasteiger partial charge in [-0.1, -0.05) is 12.1 Å². The number of nitrogens with zero attached hydrogens (tertiary/aromatic N) is 1. The van der Waals surface area contributed by atoms with Crippen molar-refractivity contribution in [2.75, 3.05) is 6.54 Å². The van der Waals surface area contributed by atoms with Crippen molar-refractivity contribution in [3.63, 3.8) is 0 Å². The summed E-state index contributed by atoms with van der Waals surface area (Å²) in [6, 6.07) is 12.0. The molecule has 2 aromatic carbocycles. The van der Waals surface area contributed by atoms with Crippen molar-refractivity contribution < 1.29 is 19.6 Å². The number of ether oxygens (including phenoxy) is 1. The number of non-ortho nitro benzene ring substituents is 1. The van der Waals surface area contributed by atoms with E-state index < -0.39 is 11.0 Å². The minimum atomic E-state index is -0.644. The Hall–Kier alpha value is -3.09. The molecule has 0 aliphatic rings. The molecule has 0 spiro atoms. The first-order chi connectivity index (χ1) is 10.5. The van der Waals surface area contributed by atoms with Crippen LogP contribution in [0.2, 0.25) is 0 Å². The number of carbonyl (C=O) groups is 1. The van der Waals surface area contributed by atoms with Gasteiger partial charge in [0.15, 0.2) is 0 Å². The molecule has 114 valence electrons. The Kier molecular flexibility index (Phi) is 4.92. The zero-order valence-corrected chi connectivity index (χ0v) is 11.6. The summed E-state index contributed by atoms with van der Waals surface area (Å²) in [5.74, 6) is 0.395. The van der Waals surface area contributed by atoms with Crippen molar-refractivity contribution in [2.45, 2.75) is 6.42 Å². The van der Waals surface area contributed by atoms with E-state index >= 15 is 0 Å². The van der Waals surface area contributed by atoms with E-state index in [1.807, 2.05) is 6.07 Å². The van der Waals surface area contributed by atoms with E-state index in [1.54, 1.807) is 18.2 Å². The van der Waals surface area contributed by atoms with Crippen LogP contribution in [0.25, 0.3) is 0 Å². The molecule has 1 amide bonds. The van der Waals surface area contributed by atoms with E-state index in [-0.39, 0.29) is 17.2 Å². The van der Waals surface area contributed by atoms with Gasteiger partial charge in [-0.2, -0.15) is 0 Å². The molecule has 0 saturated heterocycles. The van der Waals surface area contributed by atoms with Crippen LogP contribution in [-0.2, 0) is 6.42 Å². The fourth-order valence-electron chi connectivity index (χ4n) is 1.80. The maximum Gasteiger partial charge on any atom is 0.412 e. The molecule has 0 aliphatic heterocycles. The van der Waals surface area contributed by atoms with Gasteiger partial charge in [-0.3, -0.25) is 10.1 Å². The van der Waals surface area contributed by atoms with Gasteiger partial charge in [-0.25, -0.2) is 4.79 Å². The Balaban J connectivity index is 1.79. The number of phenols is 1. The lowest BCUT2D eigenvalue weighted by Gasteiger charge is -2.06. The Bertz CT molecular complexity index is 670. The molecule has 7 nitrogen and oxygen atoms in total. The number of rotatable bonds is 5. The lowest BCUT2D eigenvalue weighted by Crippen LogP contribution is -2.28. The van der Waals surface area contributed by atoms with Crippen molar-refractivity contribution in [1.82, 2.24) is 5.32 Å². The van der Waals surface area contributed by atoms with Crippen LogP contribution in [0.1, 0.15) is 5.56 Å². The summed E-state index contributed by atoms with van der Waals surface area (Å²) in [7, 11) is 0. The van der Waals surface area contributed by atoms with Gasteiger partial charge in [-0.05, 0) is 36.2 Å². The predicted octanol–water partition coefficient (Wildman–Crippen LogP) is 2.63. The second kappa shape index (κ2) is 7.07. The monoisotopic (exact) mass is 302 g/mol. The minimum Gasteiger partial charge on any atom is -0.508 e. The molecule has 0 heterocycles. The second-order valence-electron chi connectivity index (χ2n) is 4.49. The minimum absolute atomic E-state index is 0.0726. The van der Waals surface area contributed by atoms with Crippen LogP contribution in [0.15, 0.2) is 48.5 Å². The number of hydrogen-bond donors (Lipinski definition) is 2. The van der Waals surface area contributed by atoms with Crippen LogP contribution in [0.3, 0.4) is 0 Å². The lowest BCUT2D eigenvalue weighted by atomic mass is 10.1. The Labute approximate surface area is 126 Å². The summed E-state index contributed by atoms with van der Waals surface area (Å²) in [5.41, 5.74) is 0.812. The van der Waals surface area contributed by atoms with Crippen LogP contribution < -0.4 is 10.1 Å². The SMILES string of the molecule is O=C(NCCc1cccc(O)c1)Oc1ccc([N+](=O)[O-])cc1. The highest BCUT2D eigenvalue weighted by Crippen LogP contribution is 2.17. The topological polar surface area (TPSA) is 102 Å². The van der Waals surface area contributed by atoms with Gasteiger partial charge >= 0.3 is 6.09 Å². The number of nitrogens with one attached hydrogen (secondary N) is 1. The molecule has 22 heavy (non-hydrogen) atoms. The molecule has 0 aromatic heterocycles. The molecule has 0 atom stereocenters. The molecular formula is C15H14N2O5. The van der Waals surface area contributed by atoms with Crippen molar-refractivity contribution in [1.29, 1.82) is 0 Å². The highest BCUT2D eigenvalue weighted by atomic mass is 16.6. The summed E-state index contributed by atoms with van der Waals surface area (Å²) in [4.78, 5) is 21.5. The molecule has 2 N–H and O–H groups in total. The summed E-state index contributed by atoms with van der Waals surface area (Å²) < 4.78 is 4.99. The largest absolute Gasteiger partial charge is 0.508 e. The third-order valence-corrected chi connectivity index (χ3v) is 2.85. The second-order valence-corrected chi connectivity index (χ2v) is 4.49. The van der Waals surface area contributed by atoms with Crippen molar-refractivity contribution in [2.24, 2.45) is 0 Å². The standard InChI is InChI=1S/C15H14N2O5/c18-13-3-1-2-11(10-13)8-9-16-15(19)22-14-6-4-12(5-7-14)17(20)21/h1-7,10,18H,8-9H2,(H,16,19). The van der Waals surface area contributed by atoms with Crippen molar-refractivity contribution in [3.8, 4) is 11.5 Å². The first-order valence-electron chi connectivity index (χ1n) is 6.52. The Morgan fingerprint density at radius 2 is 1.95 bits per heavy atom. The smallest absolute Gasteiger partial charge is 0.412 e. The van der Waals surface area contributed by atoms with Gasteiger partial charge in [0.2, 0.25) is 0 Å². The molecular weight excluding hydrogens is 288 g/mol. The Morgan fingerprint density at radius 3 is 2.59 bits per heavy atom. The van der Waals surface area contributed by atoms with Crippen LogP contribution >= 0.6 is 0 Å². The molecule has 7 heteroatoms. The number of phenolic OH excluding ortho intramolecular Hbond substituents is 1. The van der Waals surface area contributed by atoms with Crippen LogP contribution in [-0.4, -0.2) is 22.7 Å². The third kappa shape index (κ3) is 4.48. The highest BCUT2D eigenvalue weighted by Gasteiger charge is 2.07. The van der Waals surface area contributed by atoms with Gasteiger partial charge in [0.05, 0.1) is 4.92 Å². The van der Waals surface area contributed by atoms with Gasteiger partial charge in [0.1, 0.15) is 11.5 Å². The molecule has 0 unspecified atom stereocenters. The predicted molar refractivity (Wildman–Crippen MR) is 78.9 cm³/mol. The van der Waals surface area contributed by atoms with Gasteiger partial charge in [0, 0.05) is 18.7 Å². The maximum absolute atomic E-state index is 11.6. The summed E-state index contributed by atoms with van der Waals surface area (Å²) in [6.07, 6.45) is -0.0990. The number of hydrogen-bond acceptors (Lipinski definition) is 5. The van der Waals surface area contributed by atoms with Crippen molar-refractivity contribution in [3.05, 3.63) is 64.2 Å². The number of nitro groups is 1. The number of benzene rings is 2. The Morgan fingerprint density at radius 1 is 1.23 bits per heavy atom. The third-order valence-electron chi connectivity index (χ3n) is 2.85. The highest BCUT2D eigenvalue weighted by molar-refractivity contribution is 5.70. The normalized spacial score (nSPS) is 10.0. The van der Waals surface area contributed by atoms with Gasteiger partial charge in [0.25, 0.3) is 5.69 Å². The molecule has 0 radical (unpaired) electrons. The summed E-state index contributed by atoms with van der Waals surface area (Å²) in [5, 5.41) is 22.4. The van der Waals surface area contributed by atoms with E-state index in [2.05, 4.69) is 5.32 Å². The number of carbonyl (C=O) groups excluding carboxylic acids is 1. The van der Waals surface area contributed by atoms with E-state index in [0.717, 1.165) is 5.56 Å². The van der Waals surface area contributed by atoms with E-state index in [4.69, 9.17) is 4.74 Å². The van der Waals surface area contributed by atoms with Crippen molar-refractivity contribution >= 4 is 11.8 Å². The van der Waals surface area contributed by atoms with E-state index in [9.17, 15) is 20.0 Å². The fourth-order valence-corrected chi connectivity index (χ4v) is 1.80. The average molecular weight is 302 g/mol. The number of nitro benzene ring substituents is 1. The van der Waals surface area contributed by atoms with Crippen LogP contribution in [0, 0.1) is 10.1 Å². The van der Waals surface area contributed by atoms with Crippen LogP contribution in [0.5, 0.6) is 11.5 Å². The lowest BCUT2D eigenvalue weighted by molar-refractivity contribution is -0.384. The summed E-state index contributed by atoms with van der Waals surface area (Å²) >= 11 is 0. The molecule has 0 aliphatic carbocycles. The molecule has 2 aromatic rings. The first kappa shape index (κ1) is 15.3. The quantitative estimate of drug-likeness (QED) is 0.653. The van der Waals surface area contributed by atoms with E-state index in [1.165, 1.54) is 24.3 Å². The van der Waals surface area contributed by atoms with E-state index in [0.29, 0.717) is 13.0 Å². The number of amides is 1.